The van der Waals surface area contributed by atoms with Gasteiger partial charge in [-0.2, -0.15) is 10.2 Å². The lowest BCUT2D eigenvalue weighted by atomic mass is 10.1. The minimum absolute atomic E-state index is 0.0669. The normalized spacial score (nSPS) is 10.8. The molecule has 0 aliphatic rings. The van der Waals surface area contributed by atoms with Crippen LogP contribution in [0.25, 0.3) is 5.69 Å². The molecule has 0 bridgehead atoms. The van der Waals surface area contributed by atoms with Gasteiger partial charge in [-0.1, -0.05) is 30.3 Å². The lowest BCUT2D eigenvalue weighted by Gasteiger charge is -2.10. The Morgan fingerprint density at radius 2 is 1.69 bits per heavy atom. The van der Waals surface area contributed by atoms with E-state index in [1.807, 2.05) is 36.5 Å². The molecular formula is C21H17F2N5O. The lowest BCUT2D eigenvalue weighted by molar-refractivity contribution is 0.0945. The first kappa shape index (κ1) is 18.5. The third kappa shape index (κ3) is 4.06. The van der Waals surface area contributed by atoms with Gasteiger partial charge in [-0.05, 0) is 35.4 Å². The number of carbonyl (C=O) groups excluding carboxylic acids is 1. The van der Waals surface area contributed by atoms with Crippen LogP contribution in [0.2, 0.25) is 0 Å². The van der Waals surface area contributed by atoms with Crippen molar-refractivity contribution in [3.63, 3.8) is 0 Å². The zero-order valence-electron chi connectivity index (χ0n) is 15.3. The highest BCUT2D eigenvalue weighted by atomic mass is 19.1. The van der Waals surface area contributed by atoms with Crippen molar-refractivity contribution in [1.29, 1.82) is 0 Å². The molecule has 0 fully saturated rings. The van der Waals surface area contributed by atoms with Crippen LogP contribution in [0.1, 0.15) is 21.6 Å². The van der Waals surface area contributed by atoms with Gasteiger partial charge in [0.2, 0.25) is 0 Å². The van der Waals surface area contributed by atoms with Crippen LogP contribution in [0, 0.1) is 11.6 Å². The molecule has 2 heterocycles. The average Bonchev–Trinajstić information content (AvgIpc) is 3.39. The van der Waals surface area contributed by atoms with Gasteiger partial charge in [0, 0.05) is 25.1 Å². The Morgan fingerprint density at radius 1 is 0.931 bits per heavy atom. The van der Waals surface area contributed by atoms with Crippen molar-refractivity contribution in [3.05, 3.63) is 102 Å². The Morgan fingerprint density at radius 3 is 2.41 bits per heavy atom. The summed E-state index contributed by atoms with van der Waals surface area (Å²) in [5.41, 5.74) is 1.71. The number of hydrogen-bond acceptors (Lipinski definition) is 3. The Bertz CT molecular complexity index is 1120. The summed E-state index contributed by atoms with van der Waals surface area (Å²) >= 11 is 0. The second-order valence-electron chi connectivity index (χ2n) is 6.37. The second-order valence-corrected chi connectivity index (χ2v) is 6.37. The van der Waals surface area contributed by atoms with Gasteiger partial charge in [0.05, 0.1) is 6.54 Å². The maximum absolute atomic E-state index is 13.9. The molecule has 2 aromatic heterocycles. The van der Waals surface area contributed by atoms with E-state index in [4.69, 9.17) is 0 Å². The summed E-state index contributed by atoms with van der Waals surface area (Å²) in [5, 5.41) is 11.0. The highest BCUT2D eigenvalue weighted by molar-refractivity contribution is 5.92. The molecule has 0 unspecified atom stereocenters. The van der Waals surface area contributed by atoms with Crippen LogP contribution in [0.15, 0.2) is 73.2 Å². The van der Waals surface area contributed by atoms with Crippen LogP contribution in [-0.4, -0.2) is 25.5 Å². The van der Waals surface area contributed by atoms with Crippen molar-refractivity contribution < 1.29 is 13.6 Å². The van der Waals surface area contributed by atoms with E-state index in [-0.39, 0.29) is 17.9 Å². The molecule has 8 heteroatoms. The fraction of sp³-hybridized carbons (Fsp3) is 0.0952. The van der Waals surface area contributed by atoms with Crippen LogP contribution >= 0.6 is 0 Å². The highest BCUT2D eigenvalue weighted by Gasteiger charge is 2.15. The number of rotatable bonds is 6. The third-order valence-corrected chi connectivity index (χ3v) is 4.44. The summed E-state index contributed by atoms with van der Waals surface area (Å²) in [6.07, 6.45) is 4.92. The van der Waals surface area contributed by atoms with Crippen LogP contribution in [0.4, 0.5) is 8.78 Å². The largest absolute Gasteiger partial charge is 0.347 e. The number of carbonyl (C=O) groups is 1. The first-order valence-corrected chi connectivity index (χ1v) is 8.94. The van der Waals surface area contributed by atoms with Gasteiger partial charge in [0.25, 0.3) is 5.91 Å². The van der Waals surface area contributed by atoms with E-state index in [1.165, 1.54) is 18.3 Å². The third-order valence-electron chi connectivity index (χ3n) is 4.44. The molecule has 0 saturated carbocycles. The summed E-state index contributed by atoms with van der Waals surface area (Å²) < 4.78 is 30.6. The number of aromatic nitrogens is 4. The van der Waals surface area contributed by atoms with E-state index in [0.29, 0.717) is 6.54 Å². The molecule has 1 N–H and O–H groups in total. The van der Waals surface area contributed by atoms with E-state index < -0.39 is 17.5 Å². The number of amides is 1. The van der Waals surface area contributed by atoms with Crippen molar-refractivity contribution >= 4 is 5.91 Å². The Labute approximate surface area is 165 Å². The molecule has 1 amide bonds. The summed E-state index contributed by atoms with van der Waals surface area (Å²) in [6, 6.07) is 14.5. The molecule has 0 aliphatic carbocycles. The molecule has 6 nitrogen and oxygen atoms in total. The fourth-order valence-corrected chi connectivity index (χ4v) is 3.00. The van der Waals surface area contributed by atoms with Crippen LogP contribution in [0.3, 0.4) is 0 Å². The van der Waals surface area contributed by atoms with Gasteiger partial charge in [0.15, 0.2) is 17.3 Å². The molecule has 0 radical (unpaired) electrons. The SMILES string of the molecule is O=C(NCc1ccccc1Cn1cccn1)c1ccn(-c2c(F)cccc2F)n1. The van der Waals surface area contributed by atoms with E-state index in [9.17, 15) is 13.6 Å². The molecule has 2 aromatic carbocycles. The molecule has 0 spiro atoms. The van der Waals surface area contributed by atoms with Gasteiger partial charge in [-0.3, -0.25) is 9.48 Å². The molecular weight excluding hydrogens is 376 g/mol. The van der Waals surface area contributed by atoms with Crippen LogP contribution in [0.5, 0.6) is 0 Å². The molecule has 0 atom stereocenters. The Kier molecular flexibility index (Phi) is 5.15. The Hall–Kier alpha value is -3.81. The van der Waals surface area contributed by atoms with Crippen molar-refractivity contribution in [2.75, 3.05) is 0 Å². The van der Waals surface area contributed by atoms with Crippen molar-refractivity contribution in [1.82, 2.24) is 24.9 Å². The predicted octanol–water partition coefficient (Wildman–Crippen LogP) is 3.33. The lowest BCUT2D eigenvalue weighted by Crippen LogP contribution is -2.24. The summed E-state index contributed by atoms with van der Waals surface area (Å²) in [4.78, 5) is 12.5. The van der Waals surface area contributed by atoms with Gasteiger partial charge in [-0.25, -0.2) is 13.5 Å². The van der Waals surface area contributed by atoms with E-state index in [0.717, 1.165) is 27.9 Å². The maximum atomic E-state index is 13.9. The number of nitrogens with zero attached hydrogens (tertiary/aromatic N) is 4. The first-order chi connectivity index (χ1) is 14.1. The van der Waals surface area contributed by atoms with E-state index in [1.54, 1.807) is 10.9 Å². The monoisotopic (exact) mass is 393 g/mol. The smallest absolute Gasteiger partial charge is 0.272 e. The minimum Gasteiger partial charge on any atom is -0.347 e. The predicted molar refractivity (Wildman–Crippen MR) is 102 cm³/mol. The molecule has 4 rings (SSSR count). The Balaban J connectivity index is 1.47. The molecule has 4 aromatic rings. The topological polar surface area (TPSA) is 64.7 Å². The summed E-state index contributed by atoms with van der Waals surface area (Å²) in [5.74, 6) is -1.95. The molecule has 29 heavy (non-hydrogen) atoms. The van der Waals surface area contributed by atoms with Gasteiger partial charge in [-0.15, -0.1) is 0 Å². The zero-order chi connectivity index (χ0) is 20.2. The molecule has 146 valence electrons. The quantitative estimate of drug-likeness (QED) is 0.547. The van der Waals surface area contributed by atoms with Crippen molar-refractivity contribution in [2.45, 2.75) is 13.1 Å². The van der Waals surface area contributed by atoms with Gasteiger partial charge < -0.3 is 5.32 Å². The zero-order valence-corrected chi connectivity index (χ0v) is 15.3. The number of nitrogens with one attached hydrogen (secondary N) is 1. The maximum Gasteiger partial charge on any atom is 0.272 e. The van der Waals surface area contributed by atoms with E-state index >= 15 is 0 Å². The van der Waals surface area contributed by atoms with Gasteiger partial charge in [0.1, 0.15) is 5.69 Å². The number of hydrogen-bond donors (Lipinski definition) is 1. The van der Waals surface area contributed by atoms with Crippen molar-refractivity contribution in [3.8, 4) is 5.69 Å². The summed E-state index contributed by atoms with van der Waals surface area (Å²) in [7, 11) is 0. The molecule has 0 aliphatic heterocycles. The summed E-state index contributed by atoms with van der Waals surface area (Å²) in [6.45, 7) is 0.872. The molecule has 0 saturated heterocycles. The fourth-order valence-electron chi connectivity index (χ4n) is 3.00. The van der Waals surface area contributed by atoms with Crippen LogP contribution < -0.4 is 5.32 Å². The number of para-hydroxylation sites is 1. The second kappa shape index (κ2) is 8.05. The van der Waals surface area contributed by atoms with Crippen molar-refractivity contribution in [2.24, 2.45) is 0 Å². The van der Waals surface area contributed by atoms with Gasteiger partial charge >= 0.3 is 0 Å². The number of benzene rings is 2. The first-order valence-electron chi connectivity index (χ1n) is 8.94. The highest BCUT2D eigenvalue weighted by Crippen LogP contribution is 2.17. The number of halogens is 2. The van der Waals surface area contributed by atoms with Crippen LogP contribution in [-0.2, 0) is 13.1 Å². The minimum atomic E-state index is -0.757. The average molecular weight is 393 g/mol. The van der Waals surface area contributed by atoms with E-state index in [2.05, 4.69) is 15.5 Å². The standard InChI is InChI=1S/C21H17F2N5O/c22-17-7-3-8-18(23)20(17)28-12-9-19(26-28)21(29)24-13-15-5-1-2-6-16(15)14-27-11-4-10-25-27/h1-12H,13-14H2,(H,24,29).